The Hall–Kier alpha value is -2.24. The van der Waals surface area contributed by atoms with Crippen molar-refractivity contribution in [2.75, 3.05) is 6.17 Å². The predicted octanol–water partition coefficient (Wildman–Crippen LogP) is 3.98. The number of hydrogen-bond acceptors (Lipinski definition) is 3. The normalized spacial score (nSPS) is 20.8. The number of carbonyl (C=O) groups is 2. The number of nitrogens with zero attached hydrogens (tertiary/aromatic N) is 1. The van der Waals surface area contributed by atoms with Crippen molar-refractivity contribution >= 4 is 20.3 Å². The number of rotatable bonds is 5. The fraction of sp³-hybridized carbons (Fsp3) is 0.300. The van der Waals surface area contributed by atoms with E-state index in [-0.39, 0.29) is 5.91 Å². The second-order valence-corrected chi connectivity index (χ2v) is 13.0. The zero-order chi connectivity index (χ0) is 18.0. The molecule has 25 heavy (non-hydrogen) atoms. The van der Waals surface area contributed by atoms with Crippen molar-refractivity contribution in [1.29, 1.82) is 0 Å². The average molecular weight is 353 g/mol. The Bertz CT molecular complexity index is 770. The van der Waals surface area contributed by atoms with Crippen molar-refractivity contribution < 1.29 is 14.3 Å². The summed E-state index contributed by atoms with van der Waals surface area (Å²) in [7, 11) is -1.54. The van der Waals surface area contributed by atoms with Crippen molar-refractivity contribution in [2.45, 2.75) is 32.0 Å². The van der Waals surface area contributed by atoms with Gasteiger partial charge in [0.25, 0.3) is 5.91 Å². The van der Waals surface area contributed by atoms with E-state index < -0.39 is 20.4 Å². The molecule has 1 aliphatic heterocycles. The minimum Gasteiger partial charge on any atom is -0.336 e. The summed E-state index contributed by atoms with van der Waals surface area (Å²) in [4.78, 5) is 26.4. The lowest BCUT2D eigenvalue weighted by Gasteiger charge is -2.29. The van der Waals surface area contributed by atoms with Gasteiger partial charge in [-0.15, -0.1) is 0 Å². The molecule has 0 aromatic heterocycles. The largest absolute Gasteiger partial charge is 0.336 e. The van der Waals surface area contributed by atoms with E-state index in [2.05, 4.69) is 19.6 Å². The summed E-state index contributed by atoms with van der Waals surface area (Å²) >= 11 is 0. The van der Waals surface area contributed by atoms with E-state index in [1.165, 1.54) is 0 Å². The maximum absolute atomic E-state index is 13.1. The highest BCUT2D eigenvalue weighted by Crippen LogP contribution is 2.40. The molecular weight excluding hydrogens is 330 g/mol. The molecule has 2 aromatic rings. The van der Waals surface area contributed by atoms with Gasteiger partial charge in [-0.25, -0.2) is 0 Å². The van der Waals surface area contributed by atoms with Gasteiger partial charge in [0, 0.05) is 22.9 Å². The lowest BCUT2D eigenvalue weighted by molar-refractivity contribution is -0.129. The zero-order valence-corrected chi connectivity index (χ0v) is 15.8. The molecule has 0 aliphatic carbocycles. The lowest BCUT2D eigenvalue weighted by Crippen LogP contribution is -2.42. The van der Waals surface area contributed by atoms with Crippen LogP contribution in [-0.4, -0.2) is 31.3 Å². The summed E-state index contributed by atoms with van der Waals surface area (Å²) < 4.78 is 6.19. The molecule has 4 nitrogen and oxygen atoms in total. The molecule has 2 atom stereocenters. The first-order valence-corrected chi connectivity index (χ1v) is 12.2. The molecule has 0 unspecified atom stereocenters. The number of benzene rings is 2. The molecule has 3 rings (SSSR count). The molecular formula is C20H23NO3Si. The Labute approximate surface area is 149 Å². The van der Waals surface area contributed by atoms with Crippen molar-refractivity contribution in [2.24, 2.45) is 0 Å². The molecule has 130 valence electrons. The van der Waals surface area contributed by atoms with Gasteiger partial charge >= 0.3 is 0 Å². The molecule has 1 saturated heterocycles. The summed E-state index contributed by atoms with van der Waals surface area (Å²) in [6.45, 7) is 6.69. The Morgan fingerprint density at radius 3 is 2.32 bits per heavy atom. The van der Waals surface area contributed by atoms with Crippen molar-refractivity contribution in [3.63, 3.8) is 0 Å². The van der Waals surface area contributed by atoms with Crippen LogP contribution in [0.5, 0.6) is 0 Å². The van der Waals surface area contributed by atoms with Gasteiger partial charge in [0.15, 0.2) is 12.3 Å². The minimum atomic E-state index is -1.54. The molecule has 1 aliphatic rings. The number of ether oxygens (including phenoxy) is 1. The zero-order valence-electron chi connectivity index (χ0n) is 14.8. The third-order valence-electron chi connectivity index (χ3n) is 4.19. The van der Waals surface area contributed by atoms with Gasteiger partial charge in [-0.1, -0.05) is 74.2 Å². The first-order valence-electron chi connectivity index (χ1n) is 8.46. The molecule has 0 N–H and O–H groups in total. The Balaban J connectivity index is 2.00. The van der Waals surface area contributed by atoms with Crippen LogP contribution in [0.15, 0.2) is 54.6 Å². The number of aldehydes is 1. The van der Waals surface area contributed by atoms with Gasteiger partial charge in [-0.2, -0.15) is 0 Å². The molecule has 0 saturated carbocycles. The van der Waals surface area contributed by atoms with E-state index in [4.69, 9.17) is 4.74 Å². The summed E-state index contributed by atoms with van der Waals surface area (Å²) in [5, 5.41) is 0. The highest BCUT2D eigenvalue weighted by molar-refractivity contribution is 6.76. The quantitative estimate of drug-likeness (QED) is 0.603. The first kappa shape index (κ1) is 17.6. The smallest absolute Gasteiger partial charge is 0.258 e. The molecule has 2 aromatic carbocycles. The van der Waals surface area contributed by atoms with Gasteiger partial charge in [0.05, 0.1) is 8.07 Å². The number of amides is 1. The van der Waals surface area contributed by atoms with Crippen LogP contribution in [0.1, 0.15) is 33.8 Å². The Morgan fingerprint density at radius 2 is 1.68 bits per heavy atom. The van der Waals surface area contributed by atoms with E-state index in [0.29, 0.717) is 17.3 Å². The third kappa shape index (κ3) is 3.72. The van der Waals surface area contributed by atoms with Crippen LogP contribution < -0.4 is 0 Å². The summed E-state index contributed by atoms with van der Waals surface area (Å²) in [6, 6.07) is 16.9. The van der Waals surface area contributed by atoms with Crippen molar-refractivity contribution in [1.82, 2.24) is 4.90 Å². The fourth-order valence-corrected chi connectivity index (χ4v) is 4.48. The van der Waals surface area contributed by atoms with Gasteiger partial charge < -0.3 is 9.64 Å². The standard InChI is InChI=1S/C20H23NO3Si/c1-25(2,3)14-21-19(23)18(17-12-8-7-11-16(17)13-22)24-20(21)15-9-5-4-6-10-15/h4-13,18,20H,14H2,1-3H3/t18-,20-/m0/s1. The molecule has 0 bridgehead atoms. The maximum atomic E-state index is 13.1. The molecule has 1 amide bonds. The SMILES string of the molecule is C[Si](C)(C)CN1C(=O)[C@H](c2ccccc2C=O)O[C@H]1c1ccccc1. The second kappa shape index (κ2) is 6.94. The fourth-order valence-electron chi connectivity index (χ4n) is 3.14. The Kier molecular flexibility index (Phi) is 4.88. The van der Waals surface area contributed by atoms with Crippen molar-refractivity contribution in [3.8, 4) is 0 Å². The van der Waals surface area contributed by atoms with E-state index in [9.17, 15) is 9.59 Å². The van der Waals surface area contributed by atoms with E-state index in [1.807, 2.05) is 41.3 Å². The summed E-state index contributed by atoms with van der Waals surface area (Å²) in [5.74, 6) is -0.0643. The van der Waals surface area contributed by atoms with Gasteiger partial charge in [0.2, 0.25) is 0 Å². The van der Waals surface area contributed by atoms with Crippen LogP contribution in [0.4, 0.5) is 0 Å². The second-order valence-electron chi connectivity index (χ2n) is 7.55. The Morgan fingerprint density at radius 1 is 1.04 bits per heavy atom. The van der Waals surface area contributed by atoms with Crippen LogP contribution in [-0.2, 0) is 9.53 Å². The predicted molar refractivity (Wildman–Crippen MR) is 99.9 cm³/mol. The number of hydrogen-bond donors (Lipinski definition) is 0. The van der Waals surface area contributed by atoms with Crippen molar-refractivity contribution in [3.05, 3.63) is 71.3 Å². The average Bonchev–Trinajstić information content (AvgIpc) is 2.91. The molecule has 1 heterocycles. The monoisotopic (exact) mass is 353 g/mol. The van der Waals surface area contributed by atoms with E-state index in [1.54, 1.807) is 18.2 Å². The summed E-state index contributed by atoms with van der Waals surface area (Å²) in [5.41, 5.74) is 2.10. The minimum absolute atomic E-state index is 0.0643. The molecule has 1 fully saturated rings. The van der Waals surface area contributed by atoms with Gasteiger partial charge in [-0.3, -0.25) is 9.59 Å². The first-order chi connectivity index (χ1) is 11.9. The summed E-state index contributed by atoms with van der Waals surface area (Å²) in [6.07, 6.45) is 0.351. The van der Waals surface area contributed by atoms with E-state index >= 15 is 0 Å². The van der Waals surface area contributed by atoms with Crippen LogP contribution >= 0.6 is 0 Å². The van der Waals surface area contributed by atoms with Crippen LogP contribution in [0.25, 0.3) is 0 Å². The van der Waals surface area contributed by atoms with Crippen LogP contribution in [0.3, 0.4) is 0 Å². The molecule has 5 heteroatoms. The van der Waals surface area contributed by atoms with Gasteiger partial charge in [-0.05, 0) is 0 Å². The number of carbonyl (C=O) groups excluding carboxylic acids is 2. The van der Waals surface area contributed by atoms with Crippen LogP contribution in [0.2, 0.25) is 19.6 Å². The molecule has 0 radical (unpaired) electrons. The highest BCUT2D eigenvalue weighted by atomic mass is 28.3. The van der Waals surface area contributed by atoms with E-state index in [0.717, 1.165) is 11.8 Å². The van der Waals surface area contributed by atoms with Gasteiger partial charge in [0.1, 0.15) is 6.29 Å². The third-order valence-corrected chi connectivity index (χ3v) is 5.48. The topological polar surface area (TPSA) is 46.6 Å². The lowest BCUT2D eigenvalue weighted by atomic mass is 10.0. The van der Waals surface area contributed by atoms with Crippen LogP contribution in [0, 0.1) is 0 Å². The maximum Gasteiger partial charge on any atom is 0.258 e. The molecule has 0 spiro atoms. The highest BCUT2D eigenvalue weighted by Gasteiger charge is 2.44.